The maximum atomic E-state index is 12.2. The minimum absolute atomic E-state index is 0.232. The summed E-state index contributed by atoms with van der Waals surface area (Å²) in [5, 5.41) is 2.78. The molecule has 2 amide bonds. The Morgan fingerprint density at radius 2 is 1.78 bits per heavy atom. The average Bonchev–Trinajstić information content (AvgIpc) is 3.40. The van der Waals surface area contributed by atoms with Gasteiger partial charge in [0, 0.05) is 38.3 Å². The standard InChI is InChI=1S/C18H25N3O2/c1-2-16(14-6-4-3-5-7-14)20-10-12-21(13-11-20)18(23)17(22)19-15-8-9-15/h3-7,15-16H,2,8-13H2,1H3,(H,19,22)/t16-/m1/s1. The summed E-state index contributed by atoms with van der Waals surface area (Å²) in [5.74, 6) is -0.805. The van der Waals surface area contributed by atoms with Crippen LogP contribution in [-0.2, 0) is 9.59 Å². The Morgan fingerprint density at radius 3 is 2.35 bits per heavy atom. The van der Waals surface area contributed by atoms with Crippen LogP contribution in [0, 0.1) is 0 Å². The Morgan fingerprint density at radius 1 is 1.13 bits per heavy atom. The fourth-order valence-electron chi connectivity index (χ4n) is 3.24. The number of amides is 2. The SMILES string of the molecule is CC[C@H](c1ccccc1)N1CCN(C(=O)C(=O)NC2CC2)CC1. The molecule has 1 aromatic carbocycles. The van der Waals surface area contributed by atoms with Gasteiger partial charge in [0.05, 0.1) is 0 Å². The molecule has 0 spiro atoms. The number of piperazine rings is 1. The van der Waals surface area contributed by atoms with Crippen molar-refractivity contribution >= 4 is 11.8 Å². The number of hydrogen-bond acceptors (Lipinski definition) is 3. The Balaban J connectivity index is 1.54. The predicted molar refractivity (Wildman–Crippen MR) is 88.8 cm³/mol. The van der Waals surface area contributed by atoms with E-state index < -0.39 is 5.91 Å². The van der Waals surface area contributed by atoms with Crippen molar-refractivity contribution in [1.29, 1.82) is 0 Å². The summed E-state index contributed by atoms with van der Waals surface area (Å²) in [6.07, 6.45) is 3.05. The fourth-order valence-corrected chi connectivity index (χ4v) is 3.24. The van der Waals surface area contributed by atoms with Gasteiger partial charge >= 0.3 is 11.8 Å². The molecule has 1 aliphatic carbocycles. The second-order valence-electron chi connectivity index (χ2n) is 6.41. The lowest BCUT2D eigenvalue weighted by molar-refractivity contribution is -0.147. The van der Waals surface area contributed by atoms with E-state index in [1.165, 1.54) is 5.56 Å². The van der Waals surface area contributed by atoms with Crippen LogP contribution in [0.25, 0.3) is 0 Å². The lowest BCUT2D eigenvalue weighted by Gasteiger charge is -2.39. The van der Waals surface area contributed by atoms with Gasteiger partial charge in [-0.15, -0.1) is 0 Å². The quantitative estimate of drug-likeness (QED) is 0.858. The molecule has 5 nitrogen and oxygen atoms in total. The zero-order valence-electron chi connectivity index (χ0n) is 13.7. The molecule has 0 aromatic heterocycles. The average molecular weight is 315 g/mol. The van der Waals surface area contributed by atoms with Gasteiger partial charge < -0.3 is 10.2 Å². The number of benzene rings is 1. The highest BCUT2D eigenvalue weighted by molar-refractivity contribution is 6.35. The number of nitrogens with zero attached hydrogens (tertiary/aromatic N) is 2. The summed E-state index contributed by atoms with van der Waals surface area (Å²) in [4.78, 5) is 28.1. The molecule has 0 unspecified atom stereocenters. The van der Waals surface area contributed by atoms with Crippen molar-refractivity contribution in [2.45, 2.75) is 38.3 Å². The molecule has 2 aliphatic rings. The summed E-state index contributed by atoms with van der Waals surface area (Å²) < 4.78 is 0. The van der Waals surface area contributed by atoms with Crippen LogP contribution in [0.5, 0.6) is 0 Å². The molecule has 1 heterocycles. The van der Waals surface area contributed by atoms with Crippen LogP contribution in [0.1, 0.15) is 37.8 Å². The van der Waals surface area contributed by atoms with E-state index in [0.717, 1.165) is 32.4 Å². The molecule has 1 N–H and O–H groups in total. The summed E-state index contributed by atoms with van der Waals surface area (Å²) >= 11 is 0. The Labute approximate surface area is 137 Å². The van der Waals surface area contributed by atoms with E-state index in [2.05, 4.69) is 41.4 Å². The highest BCUT2D eigenvalue weighted by atomic mass is 16.2. The molecule has 1 saturated heterocycles. The molecule has 0 radical (unpaired) electrons. The van der Waals surface area contributed by atoms with Gasteiger partial charge in [0.25, 0.3) is 0 Å². The smallest absolute Gasteiger partial charge is 0.311 e. The minimum atomic E-state index is -0.434. The van der Waals surface area contributed by atoms with Crippen LogP contribution in [-0.4, -0.2) is 53.8 Å². The van der Waals surface area contributed by atoms with Crippen LogP contribution >= 0.6 is 0 Å². The molecular formula is C18H25N3O2. The highest BCUT2D eigenvalue weighted by Crippen LogP contribution is 2.25. The van der Waals surface area contributed by atoms with Crippen LogP contribution in [0.3, 0.4) is 0 Å². The van der Waals surface area contributed by atoms with Crippen LogP contribution in [0.4, 0.5) is 0 Å². The highest BCUT2D eigenvalue weighted by Gasteiger charge is 2.31. The van der Waals surface area contributed by atoms with Gasteiger partial charge in [-0.2, -0.15) is 0 Å². The number of rotatable bonds is 4. The van der Waals surface area contributed by atoms with Crippen molar-refractivity contribution in [1.82, 2.24) is 15.1 Å². The van der Waals surface area contributed by atoms with Gasteiger partial charge in [-0.1, -0.05) is 37.3 Å². The Bertz CT molecular complexity index is 549. The second-order valence-corrected chi connectivity index (χ2v) is 6.41. The molecule has 3 rings (SSSR count). The van der Waals surface area contributed by atoms with Gasteiger partial charge in [0.15, 0.2) is 0 Å². The molecule has 124 valence electrons. The summed E-state index contributed by atoms with van der Waals surface area (Å²) in [6.45, 7) is 5.07. The molecule has 1 atom stereocenters. The summed E-state index contributed by atoms with van der Waals surface area (Å²) in [5.41, 5.74) is 1.32. The van der Waals surface area contributed by atoms with Crippen LogP contribution in [0.2, 0.25) is 0 Å². The van der Waals surface area contributed by atoms with E-state index in [-0.39, 0.29) is 11.9 Å². The van der Waals surface area contributed by atoms with Gasteiger partial charge in [0.1, 0.15) is 0 Å². The second kappa shape index (κ2) is 7.13. The first kappa shape index (κ1) is 16.0. The normalized spacial score (nSPS) is 20.1. The molecule has 1 aromatic rings. The van der Waals surface area contributed by atoms with E-state index in [9.17, 15) is 9.59 Å². The monoisotopic (exact) mass is 315 g/mol. The van der Waals surface area contributed by atoms with Crippen LogP contribution in [0.15, 0.2) is 30.3 Å². The molecule has 2 fully saturated rings. The van der Waals surface area contributed by atoms with E-state index >= 15 is 0 Å². The van der Waals surface area contributed by atoms with E-state index in [1.807, 2.05) is 6.07 Å². The summed E-state index contributed by atoms with van der Waals surface area (Å²) in [6, 6.07) is 11.1. The van der Waals surface area contributed by atoms with E-state index in [4.69, 9.17) is 0 Å². The first-order valence-electron chi connectivity index (χ1n) is 8.57. The predicted octanol–water partition coefficient (Wildman–Crippen LogP) is 1.56. The lowest BCUT2D eigenvalue weighted by Crippen LogP contribution is -2.53. The van der Waals surface area contributed by atoms with E-state index in [0.29, 0.717) is 19.1 Å². The third-order valence-corrected chi connectivity index (χ3v) is 4.72. The number of carbonyl (C=O) groups excluding carboxylic acids is 2. The first-order valence-corrected chi connectivity index (χ1v) is 8.57. The zero-order chi connectivity index (χ0) is 16.2. The zero-order valence-corrected chi connectivity index (χ0v) is 13.7. The van der Waals surface area contributed by atoms with Crippen molar-refractivity contribution < 1.29 is 9.59 Å². The number of nitrogens with one attached hydrogen (secondary N) is 1. The molecular weight excluding hydrogens is 290 g/mol. The molecule has 0 bridgehead atoms. The van der Waals surface area contributed by atoms with Gasteiger partial charge in [-0.05, 0) is 24.8 Å². The van der Waals surface area contributed by atoms with Crippen LogP contribution < -0.4 is 5.32 Å². The van der Waals surface area contributed by atoms with Crippen molar-refractivity contribution in [3.63, 3.8) is 0 Å². The van der Waals surface area contributed by atoms with Gasteiger partial charge in [0.2, 0.25) is 0 Å². The Hall–Kier alpha value is -1.88. The maximum Gasteiger partial charge on any atom is 0.311 e. The molecule has 23 heavy (non-hydrogen) atoms. The van der Waals surface area contributed by atoms with E-state index in [1.54, 1.807) is 4.90 Å². The van der Waals surface area contributed by atoms with Crippen molar-refractivity contribution in [2.75, 3.05) is 26.2 Å². The van der Waals surface area contributed by atoms with Gasteiger partial charge in [-0.25, -0.2) is 0 Å². The van der Waals surface area contributed by atoms with Crippen molar-refractivity contribution in [3.05, 3.63) is 35.9 Å². The molecule has 5 heteroatoms. The molecule has 1 aliphatic heterocycles. The van der Waals surface area contributed by atoms with Crippen molar-refractivity contribution in [3.8, 4) is 0 Å². The fraction of sp³-hybridized carbons (Fsp3) is 0.556. The summed E-state index contributed by atoms with van der Waals surface area (Å²) in [7, 11) is 0. The number of hydrogen-bond donors (Lipinski definition) is 1. The first-order chi connectivity index (χ1) is 11.2. The van der Waals surface area contributed by atoms with Gasteiger partial charge in [-0.3, -0.25) is 14.5 Å². The third kappa shape index (κ3) is 3.91. The Kier molecular flexibility index (Phi) is 4.96. The topological polar surface area (TPSA) is 52.7 Å². The maximum absolute atomic E-state index is 12.2. The van der Waals surface area contributed by atoms with Crippen molar-refractivity contribution in [2.24, 2.45) is 0 Å². The minimum Gasteiger partial charge on any atom is -0.345 e. The molecule has 1 saturated carbocycles. The third-order valence-electron chi connectivity index (χ3n) is 4.72. The lowest BCUT2D eigenvalue weighted by atomic mass is 10.0. The number of carbonyl (C=O) groups is 2. The largest absolute Gasteiger partial charge is 0.345 e.